The van der Waals surface area contributed by atoms with Crippen molar-refractivity contribution in [2.75, 3.05) is 7.11 Å². The van der Waals surface area contributed by atoms with Crippen molar-refractivity contribution in [2.45, 2.75) is 6.54 Å². The molecule has 3 aromatic rings. The van der Waals surface area contributed by atoms with Gasteiger partial charge in [0.2, 0.25) is 0 Å². The molecule has 0 atom stereocenters. The number of ether oxygens (including phenoxy) is 1. The average Bonchev–Trinajstić information content (AvgIpc) is 2.87. The molecule has 5 heteroatoms. The summed E-state index contributed by atoms with van der Waals surface area (Å²) in [6.07, 6.45) is 0. The van der Waals surface area contributed by atoms with Crippen LogP contribution in [0.25, 0.3) is 16.6 Å². The van der Waals surface area contributed by atoms with Crippen molar-refractivity contribution in [3.05, 3.63) is 65.6 Å². The highest BCUT2D eigenvalue weighted by molar-refractivity contribution is 5.97. The Morgan fingerprint density at radius 1 is 1.18 bits per heavy atom. The van der Waals surface area contributed by atoms with Crippen LogP contribution in [0.15, 0.2) is 48.5 Å². The number of halogens is 1. The normalized spacial score (nSPS) is 10.9. The van der Waals surface area contributed by atoms with Gasteiger partial charge in [-0.2, -0.15) is 0 Å². The number of hydrogen-bond donors (Lipinski definition) is 1. The molecular weight excluding hydrogens is 283 g/mol. The van der Waals surface area contributed by atoms with Crippen molar-refractivity contribution < 1.29 is 13.9 Å². The zero-order chi connectivity index (χ0) is 15.7. The summed E-state index contributed by atoms with van der Waals surface area (Å²) < 4.78 is 20.9. The van der Waals surface area contributed by atoms with Crippen molar-refractivity contribution in [3.8, 4) is 5.69 Å². The number of aromatic nitrogens is 1. The smallest absolute Gasteiger partial charge is 0.358 e. The number of methoxy groups -OCH3 is 1. The van der Waals surface area contributed by atoms with E-state index in [9.17, 15) is 9.18 Å². The fraction of sp³-hybridized carbons (Fsp3) is 0.118. The van der Waals surface area contributed by atoms with Gasteiger partial charge in [-0.3, -0.25) is 0 Å². The fourth-order valence-electron chi connectivity index (χ4n) is 2.53. The fourth-order valence-corrected chi connectivity index (χ4v) is 2.53. The summed E-state index contributed by atoms with van der Waals surface area (Å²) in [7, 11) is 1.24. The minimum atomic E-state index is -0.711. The molecule has 4 nitrogen and oxygen atoms in total. The minimum Gasteiger partial charge on any atom is -0.464 e. The third-order valence-electron chi connectivity index (χ3n) is 3.62. The first-order chi connectivity index (χ1) is 10.7. The molecule has 2 aromatic carbocycles. The van der Waals surface area contributed by atoms with Gasteiger partial charge in [-0.15, -0.1) is 0 Å². The first kappa shape index (κ1) is 14.3. The number of esters is 1. The van der Waals surface area contributed by atoms with E-state index in [4.69, 9.17) is 10.5 Å². The van der Waals surface area contributed by atoms with E-state index in [1.54, 1.807) is 41.0 Å². The van der Waals surface area contributed by atoms with E-state index in [-0.39, 0.29) is 5.69 Å². The van der Waals surface area contributed by atoms with E-state index >= 15 is 0 Å². The van der Waals surface area contributed by atoms with Gasteiger partial charge >= 0.3 is 5.97 Å². The van der Waals surface area contributed by atoms with Crippen LogP contribution in [0.5, 0.6) is 0 Å². The minimum absolute atomic E-state index is 0.107. The monoisotopic (exact) mass is 298 g/mol. The summed E-state index contributed by atoms with van der Waals surface area (Å²) >= 11 is 0. The maximum absolute atomic E-state index is 14.6. The van der Waals surface area contributed by atoms with Crippen LogP contribution in [0.3, 0.4) is 0 Å². The Kier molecular flexibility index (Phi) is 3.65. The van der Waals surface area contributed by atoms with Gasteiger partial charge < -0.3 is 15.0 Å². The van der Waals surface area contributed by atoms with Gasteiger partial charge in [0.15, 0.2) is 11.5 Å². The number of nitrogens with two attached hydrogens (primary N) is 1. The van der Waals surface area contributed by atoms with E-state index in [1.165, 1.54) is 7.11 Å². The quantitative estimate of drug-likeness (QED) is 0.756. The van der Waals surface area contributed by atoms with Crippen molar-refractivity contribution in [1.29, 1.82) is 0 Å². The standard InChI is InChI=1S/C17H15FN2O2/c1-22-17(21)16-15(18)13-4-2-3-5-14(13)20(16)12-8-6-11(10-19)7-9-12/h2-9H,10,19H2,1H3. The molecule has 2 N–H and O–H groups in total. The SMILES string of the molecule is COC(=O)c1c(F)c2ccccc2n1-c1ccc(CN)cc1. The van der Waals surface area contributed by atoms with Gasteiger partial charge in [0.1, 0.15) is 0 Å². The van der Waals surface area contributed by atoms with Crippen molar-refractivity contribution in [3.63, 3.8) is 0 Å². The van der Waals surface area contributed by atoms with E-state index in [0.29, 0.717) is 23.1 Å². The van der Waals surface area contributed by atoms with Crippen LogP contribution < -0.4 is 5.73 Å². The van der Waals surface area contributed by atoms with Gasteiger partial charge in [0.05, 0.1) is 12.6 Å². The van der Waals surface area contributed by atoms with Gasteiger partial charge in [-0.1, -0.05) is 24.3 Å². The largest absolute Gasteiger partial charge is 0.464 e. The number of benzene rings is 2. The predicted octanol–water partition coefficient (Wildman–Crippen LogP) is 3.01. The highest BCUT2D eigenvalue weighted by atomic mass is 19.1. The molecule has 0 saturated heterocycles. The van der Waals surface area contributed by atoms with Crippen LogP contribution in [0.1, 0.15) is 16.1 Å². The molecule has 3 rings (SSSR count). The molecular formula is C17H15FN2O2. The molecule has 22 heavy (non-hydrogen) atoms. The summed E-state index contributed by atoms with van der Waals surface area (Å²) in [6.45, 7) is 0.422. The molecule has 112 valence electrons. The second-order valence-corrected chi connectivity index (χ2v) is 4.88. The molecule has 0 spiro atoms. The van der Waals surface area contributed by atoms with Crippen LogP contribution >= 0.6 is 0 Å². The second-order valence-electron chi connectivity index (χ2n) is 4.88. The molecule has 0 aliphatic carbocycles. The first-order valence-corrected chi connectivity index (χ1v) is 6.84. The van der Waals surface area contributed by atoms with E-state index in [0.717, 1.165) is 5.56 Å². The number of hydrogen-bond acceptors (Lipinski definition) is 3. The Balaban J connectivity index is 2.32. The molecule has 0 unspecified atom stereocenters. The van der Waals surface area contributed by atoms with Gasteiger partial charge in [0, 0.05) is 17.6 Å². The van der Waals surface area contributed by atoms with Crippen LogP contribution in [0.4, 0.5) is 4.39 Å². The Bertz CT molecular complexity index is 838. The summed E-state index contributed by atoms with van der Waals surface area (Å²) in [4.78, 5) is 12.0. The third kappa shape index (κ3) is 2.16. The number of carbonyl (C=O) groups is 1. The molecule has 0 bridgehead atoms. The number of nitrogens with zero attached hydrogens (tertiary/aromatic N) is 1. The van der Waals surface area contributed by atoms with Crippen molar-refractivity contribution in [2.24, 2.45) is 5.73 Å². The number of fused-ring (bicyclic) bond motifs is 1. The first-order valence-electron chi connectivity index (χ1n) is 6.84. The molecule has 0 radical (unpaired) electrons. The third-order valence-corrected chi connectivity index (χ3v) is 3.62. The van der Waals surface area contributed by atoms with Gasteiger partial charge in [-0.25, -0.2) is 9.18 Å². The maximum atomic E-state index is 14.6. The predicted molar refractivity (Wildman–Crippen MR) is 82.5 cm³/mol. The Morgan fingerprint density at radius 3 is 2.50 bits per heavy atom. The maximum Gasteiger partial charge on any atom is 0.358 e. The number of rotatable bonds is 3. The van der Waals surface area contributed by atoms with Crippen LogP contribution in [0, 0.1) is 5.82 Å². The zero-order valence-electron chi connectivity index (χ0n) is 12.0. The van der Waals surface area contributed by atoms with E-state index < -0.39 is 11.8 Å². The van der Waals surface area contributed by atoms with E-state index in [2.05, 4.69) is 0 Å². The lowest BCUT2D eigenvalue weighted by Gasteiger charge is -2.10. The van der Waals surface area contributed by atoms with Crippen LogP contribution in [-0.4, -0.2) is 17.6 Å². The van der Waals surface area contributed by atoms with Crippen molar-refractivity contribution >= 4 is 16.9 Å². The summed E-state index contributed by atoms with van der Waals surface area (Å²) in [6, 6.07) is 14.2. The summed E-state index contributed by atoms with van der Waals surface area (Å²) in [5, 5.41) is 0.380. The molecule has 0 aliphatic rings. The highest BCUT2D eigenvalue weighted by Crippen LogP contribution is 2.29. The average molecular weight is 298 g/mol. The summed E-state index contributed by atoms with van der Waals surface area (Å²) in [5.74, 6) is -1.29. The molecule has 0 fully saturated rings. The summed E-state index contributed by atoms with van der Waals surface area (Å²) in [5.41, 5.74) is 7.73. The van der Waals surface area contributed by atoms with Gasteiger partial charge in [0.25, 0.3) is 0 Å². The molecule has 0 saturated carbocycles. The van der Waals surface area contributed by atoms with Crippen molar-refractivity contribution in [1.82, 2.24) is 4.57 Å². The number of para-hydroxylation sites is 1. The zero-order valence-corrected chi connectivity index (χ0v) is 12.0. The van der Waals surface area contributed by atoms with E-state index in [1.807, 2.05) is 12.1 Å². The lowest BCUT2D eigenvalue weighted by molar-refractivity contribution is 0.0586. The lowest BCUT2D eigenvalue weighted by Crippen LogP contribution is -2.11. The lowest BCUT2D eigenvalue weighted by atomic mass is 10.2. The topological polar surface area (TPSA) is 57.2 Å². The second kappa shape index (κ2) is 5.61. The molecule has 0 aliphatic heterocycles. The van der Waals surface area contributed by atoms with Crippen LogP contribution in [-0.2, 0) is 11.3 Å². The van der Waals surface area contributed by atoms with Gasteiger partial charge in [-0.05, 0) is 29.8 Å². The Morgan fingerprint density at radius 2 is 1.86 bits per heavy atom. The Hall–Kier alpha value is -2.66. The Labute approximate surface area is 126 Å². The molecule has 1 aromatic heterocycles. The highest BCUT2D eigenvalue weighted by Gasteiger charge is 2.24. The van der Waals surface area contributed by atoms with Crippen LogP contribution in [0.2, 0.25) is 0 Å². The molecule has 1 heterocycles. The number of carbonyl (C=O) groups excluding carboxylic acids is 1. The molecule has 0 amide bonds.